The van der Waals surface area contributed by atoms with E-state index < -0.39 is 0 Å². The van der Waals surface area contributed by atoms with E-state index >= 15 is 0 Å². The first-order chi connectivity index (χ1) is 14.3. The number of halogens is 1. The van der Waals surface area contributed by atoms with Crippen LogP contribution in [0.25, 0.3) is 10.9 Å². The minimum Gasteiger partial charge on any atom is -0.489 e. The number of ether oxygens (including phenoxy) is 2. The third-order valence-corrected chi connectivity index (χ3v) is 4.84. The number of aromatic nitrogens is 2. The number of hydrogen-bond acceptors (Lipinski definition) is 6. The van der Waals surface area contributed by atoms with Crippen LogP contribution in [0.4, 0.5) is 17.2 Å². The number of nitrogens with zero attached hydrogens (tertiary/aromatic N) is 2. The van der Waals surface area contributed by atoms with Crippen LogP contribution in [0, 0.1) is 0 Å². The van der Waals surface area contributed by atoms with Crippen molar-refractivity contribution < 1.29 is 9.47 Å². The summed E-state index contributed by atoms with van der Waals surface area (Å²) in [6.45, 7) is 1.39. The fraction of sp³-hybridized carbons (Fsp3) is 0.0909. The molecule has 0 spiro atoms. The molecule has 1 aliphatic rings. The van der Waals surface area contributed by atoms with Crippen molar-refractivity contribution in [1.82, 2.24) is 9.97 Å². The molecule has 0 radical (unpaired) electrons. The molecule has 0 bridgehead atoms. The van der Waals surface area contributed by atoms with Gasteiger partial charge in [-0.1, -0.05) is 11.6 Å². The normalized spacial score (nSPS) is 12.6. The molecule has 2 N–H and O–H groups in total. The van der Waals surface area contributed by atoms with E-state index in [2.05, 4.69) is 20.6 Å². The van der Waals surface area contributed by atoms with Gasteiger partial charge >= 0.3 is 0 Å². The lowest BCUT2D eigenvalue weighted by atomic mass is 10.1. The largest absolute Gasteiger partial charge is 0.489 e. The maximum absolute atomic E-state index is 5.91. The fourth-order valence-corrected chi connectivity index (χ4v) is 3.35. The Morgan fingerprint density at radius 2 is 1.69 bits per heavy atom. The van der Waals surface area contributed by atoms with Crippen LogP contribution < -0.4 is 20.1 Å². The topological polar surface area (TPSA) is 68.3 Å². The summed E-state index contributed by atoms with van der Waals surface area (Å²) in [5.41, 5.74) is 2.66. The third kappa shape index (κ3) is 3.62. The number of rotatable bonds is 4. The van der Waals surface area contributed by atoms with Gasteiger partial charge in [-0.3, -0.25) is 0 Å². The van der Waals surface area contributed by atoms with Crippen LogP contribution >= 0.6 is 11.6 Å². The van der Waals surface area contributed by atoms with E-state index in [1.54, 1.807) is 18.5 Å². The van der Waals surface area contributed by atoms with E-state index in [1.165, 1.54) is 0 Å². The number of anilines is 3. The lowest BCUT2D eigenvalue weighted by molar-refractivity contribution is 0.327. The van der Waals surface area contributed by atoms with Gasteiger partial charge in [-0.15, -0.1) is 0 Å². The minimum absolute atomic E-state index is 0.608. The summed E-state index contributed by atoms with van der Waals surface area (Å²) in [7, 11) is 0. The second kappa shape index (κ2) is 7.48. The predicted molar refractivity (Wildman–Crippen MR) is 115 cm³/mol. The van der Waals surface area contributed by atoms with Crippen molar-refractivity contribution in [3.05, 3.63) is 72.0 Å². The van der Waals surface area contributed by atoms with Crippen molar-refractivity contribution in [2.45, 2.75) is 0 Å². The first-order valence-electron chi connectivity index (χ1n) is 9.21. The molecule has 7 heteroatoms. The Labute approximate surface area is 172 Å². The average molecular weight is 405 g/mol. The molecule has 29 heavy (non-hydrogen) atoms. The molecule has 1 aliphatic heterocycles. The van der Waals surface area contributed by atoms with E-state index in [1.807, 2.05) is 48.5 Å². The zero-order valence-electron chi connectivity index (χ0n) is 15.4. The Morgan fingerprint density at radius 1 is 0.931 bits per heavy atom. The van der Waals surface area contributed by atoms with Gasteiger partial charge in [0.1, 0.15) is 30.3 Å². The van der Waals surface area contributed by atoms with Crippen molar-refractivity contribution in [3.8, 4) is 17.2 Å². The highest BCUT2D eigenvalue weighted by Crippen LogP contribution is 2.39. The molecular formula is C22H17ClN4O2. The van der Waals surface area contributed by atoms with Crippen LogP contribution in [0.15, 0.2) is 67.0 Å². The zero-order valence-corrected chi connectivity index (χ0v) is 16.1. The molecular weight excluding hydrogens is 388 g/mol. The standard InChI is InChI=1S/C22H17ClN4O2/c23-14-1-5-16(6-2-14)29-17-7-3-15(4-8-17)27-22-20-18(25-13-26-22)9-10-19-21(20)28-12-11-24-19/h1-10,13,24H,11-12H2,(H,25,26,27). The number of benzene rings is 3. The monoisotopic (exact) mass is 404 g/mol. The van der Waals surface area contributed by atoms with Crippen LogP contribution in [0.5, 0.6) is 17.2 Å². The van der Waals surface area contributed by atoms with Gasteiger partial charge in [0.15, 0.2) is 5.75 Å². The molecule has 0 aliphatic carbocycles. The first-order valence-corrected chi connectivity index (χ1v) is 9.59. The summed E-state index contributed by atoms with van der Waals surface area (Å²) >= 11 is 5.91. The highest BCUT2D eigenvalue weighted by molar-refractivity contribution is 6.30. The van der Waals surface area contributed by atoms with Gasteiger partial charge in [0.05, 0.1) is 16.6 Å². The van der Waals surface area contributed by atoms with E-state index in [0.717, 1.165) is 46.1 Å². The molecule has 0 saturated heterocycles. The number of fused-ring (bicyclic) bond motifs is 3. The Hall–Kier alpha value is -3.51. The van der Waals surface area contributed by atoms with Crippen LogP contribution in [0.1, 0.15) is 0 Å². The van der Waals surface area contributed by atoms with Gasteiger partial charge < -0.3 is 20.1 Å². The van der Waals surface area contributed by atoms with Crippen molar-refractivity contribution in [1.29, 1.82) is 0 Å². The molecule has 3 aromatic carbocycles. The Balaban J connectivity index is 1.41. The second-order valence-corrected chi connectivity index (χ2v) is 6.98. The summed E-state index contributed by atoms with van der Waals surface area (Å²) in [6, 6.07) is 18.9. The van der Waals surface area contributed by atoms with Gasteiger partial charge in [0.2, 0.25) is 0 Å². The molecule has 2 heterocycles. The van der Waals surface area contributed by atoms with Crippen LogP contribution in [-0.2, 0) is 0 Å². The van der Waals surface area contributed by atoms with Crippen LogP contribution in [0.3, 0.4) is 0 Å². The molecule has 0 saturated carbocycles. The SMILES string of the molecule is Clc1ccc(Oc2ccc(Nc3ncnc4ccc5c(c34)OCCN5)cc2)cc1. The average Bonchev–Trinajstić information content (AvgIpc) is 2.76. The van der Waals surface area contributed by atoms with E-state index in [-0.39, 0.29) is 0 Å². The van der Waals surface area contributed by atoms with E-state index in [4.69, 9.17) is 21.1 Å². The lowest BCUT2D eigenvalue weighted by Crippen LogP contribution is -2.18. The molecule has 0 amide bonds. The van der Waals surface area contributed by atoms with Gasteiger partial charge in [-0.2, -0.15) is 0 Å². The first kappa shape index (κ1) is 17.6. The Morgan fingerprint density at radius 3 is 2.48 bits per heavy atom. The summed E-state index contributed by atoms with van der Waals surface area (Å²) < 4.78 is 11.7. The van der Waals surface area contributed by atoms with E-state index in [9.17, 15) is 0 Å². The predicted octanol–water partition coefficient (Wildman–Crippen LogP) is 5.62. The highest BCUT2D eigenvalue weighted by atomic mass is 35.5. The molecule has 4 aromatic rings. The molecule has 0 atom stereocenters. The van der Waals surface area contributed by atoms with Crippen LogP contribution in [0.2, 0.25) is 5.02 Å². The zero-order chi connectivity index (χ0) is 19.6. The van der Waals surface area contributed by atoms with Gasteiger partial charge in [0.25, 0.3) is 0 Å². The van der Waals surface area contributed by atoms with Gasteiger partial charge in [-0.05, 0) is 60.7 Å². The molecule has 0 unspecified atom stereocenters. The number of nitrogens with one attached hydrogen (secondary N) is 2. The molecule has 6 nitrogen and oxygen atoms in total. The smallest absolute Gasteiger partial charge is 0.155 e. The molecule has 0 fully saturated rings. The summed E-state index contributed by atoms with van der Waals surface area (Å²) in [4.78, 5) is 8.81. The fourth-order valence-electron chi connectivity index (χ4n) is 3.23. The van der Waals surface area contributed by atoms with E-state index in [0.29, 0.717) is 17.4 Å². The maximum atomic E-state index is 5.91. The summed E-state index contributed by atoms with van der Waals surface area (Å²) in [6.07, 6.45) is 1.55. The Bertz CT molecular complexity index is 1160. The van der Waals surface area contributed by atoms with Crippen molar-refractivity contribution in [2.75, 3.05) is 23.8 Å². The van der Waals surface area contributed by atoms with Crippen LogP contribution in [-0.4, -0.2) is 23.1 Å². The quantitative estimate of drug-likeness (QED) is 0.460. The minimum atomic E-state index is 0.608. The van der Waals surface area contributed by atoms with Gasteiger partial charge in [0, 0.05) is 17.3 Å². The van der Waals surface area contributed by atoms with Crippen molar-refractivity contribution in [2.24, 2.45) is 0 Å². The maximum Gasteiger partial charge on any atom is 0.155 e. The highest BCUT2D eigenvalue weighted by Gasteiger charge is 2.17. The summed E-state index contributed by atoms with van der Waals surface area (Å²) in [5, 5.41) is 8.25. The van der Waals surface area contributed by atoms with Gasteiger partial charge in [-0.25, -0.2) is 9.97 Å². The summed E-state index contributed by atoms with van der Waals surface area (Å²) in [5.74, 6) is 2.94. The lowest BCUT2D eigenvalue weighted by Gasteiger charge is -2.21. The Kier molecular flexibility index (Phi) is 4.54. The number of hydrogen-bond donors (Lipinski definition) is 2. The third-order valence-electron chi connectivity index (χ3n) is 4.59. The second-order valence-electron chi connectivity index (χ2n) is 6.54. The molecule has 1 aromatic heterocycles. The van der Waals surface area contributed by atoms with Crippen molar-refractivity contribution in [3.63, 3.8) is 0 Å². The molecule has 144 valence electrons. The van der Waals surface area contributed by atoms with Crippen molar-refractivity contribution >= 4 is 39.7 Å². The molecule has 5 rings (SSSR count).